The van der Waals surface area contributed by atoms with Crippen molar-refractivity contribution in [3.63, 3.8) is 0 Å². The molecule has 0 amide bonds. The van der Waals surface area contributed by atoms with Crippen molar-refractivity contribution in [3.8, 4) is 16.9 Å². The zero-order chi connectivity index (χ0) is 31.8. The van der Waals surface area contributed by atoms with Gasteiger partial charge in [0.05, 0.1) is 25.8 Å². The molecular formula is C34H33FN4O5S. The number of carboxylic acid groups (broad SMARTS) is 1. The van der Waals surface area contributed by atoms with E-state index < -0.39 is 16.0 Å². The molecular weight excluding hydrogens is 595 g/mol. The summed E-state index contributed by atoms with van der Waals surface area (Å²) in [6, 6.07) is 27.3. The molecule has 232 valence electrons. The van der Waals surface area contributed by atoms with Gasteiger partial charge in [0.2, 0.25) is 10.0 Å². The first-order valence-corrected chi connectivity index (χ1v) is 15.9. The first-order chi connectivity index (χ1) is 21.7. The van der Waals surface area contributed by atoms with Crippen molar-refractivity contribution in [2.75, 3.05) is 13.7 Å². The number of aromatic nitrogens is 3. The second kappa shape index (κ2) is 14.3. The topological polar surface area (TPSA) is 115 Å². The van der Waals surface area contributed by atoms with Crippen LogP contribution < -0.4 is 4.74 Å². The van der Waals surface area contributed by atoms with Gasteiger partial charge >= 0.3 is 5.97 Å². The molecule has 11 heteroatoms. The Bertz CT molecular complexity index is 1860. The highest BCUT2D eigenvalue weighted by Crippen LogP contribution is 2.33. The van der Waals surface area contributed by atoms with Gasteiger partial charge in [-0.3, -0.25) is 0 Å². The van der Waals surface area contributed by atoms with Crippen molar-refractivity contribution in [2.24, 2.45) is 0 Å². The molecule has 0 bridgehead atoms. The zero-order valence-electron chi connectivity index (χ0n) is 24.7. The van der Waals surface area contributed by atoms with Gasteiger partial charge in [-0.25, -0.2) is 17.6 Å². The lowest BCUT2D eigenvalue weighted by Gasteiger charge is -2.24. The van der Waals surface area contributed by atoms with Crippen LogP contribution in [0.3, 0.4) is 0 Å². The third-order valence-corrected chi connectivity index (χ3v) is 9.33. The Morgan fingerprint density at radius 1 is 0.911 bits per heavy atom. The number of methoxy groups -OCH3 is 1. The number of halogens is 1. The van der Waals surface area contributed by atoms with E-state index >= 15 is 0 Å². The number of aryl methyl sites for hydroxylation is 1. The Kier molecular flexibility index (Phi) is 10.0. The van der Waals surface area contributed by atoms with Crippen molar-refractivity contribution in [3.05, 3.63) is 132 Å². The van der Waals surface area contributed by atoms with E-state index in [0.717, 1.165) is 12.8 Å². The molecule has 0 unspecified atom stereocenters. The smallest absolute Gasteiger partial charge is 0.335 e. The molecule has 45 heavy (non-hydrogen) atoms. The van der Waals surface area contributed by atoms with Crippen LogP contribution in [0, 0.1) is 5.82 Å². The monoisotopic (exact) mass is 628 g/mol. The Labute approximate surface area is 261 Å². The van der Waals surface area contributed by atoms with E-state index in [1.165, 1.54) is 47.6 Å². The first-order valence-electron chi connectivity index (χ1n) is 14.4. The van der Waals surface area contributed by atoms with Crippen LogP contribution in [-0.2, 0) is 29.5 Å². The standard InChI is InChI=1S/C34H33FN4O5S/c1-44-31-18-17-29(27-13-15-28(16-14-27)34(40)41)21-32(31)45(42,43)39(19-6-5-10-25-8-3-2-4-9-25)23-33-37-36-24-38(33)22-26-11-7-12-30(35)20-26/h2-4,7-9,11-18,20-21,24H,5-6,10,19,22-23H2,1H3,(H,40,41). The van der Waals surface area contributed by atoms with Crippen molar-refractivity contribution >= 4 is 16.0 Å². The lowest BCUT2D eigenvalue weighted by Crippen LogP contribution is -2.33. The van der Waals surface area contributed by atoms with Crippen LogP contribution in [-0.4, -0.2) is 52.2 Å². The van der Waals surface area contributed by atoms with Gasteiger partial charge in [0.15, 0.2) is 0 Å². The highest BCUT2D eigenvalue weighted by molar-refractivity contribution is 7.89. The molecule has 5 rings (SSSR count). The number of aromatic carboxylic acids is 1. The highest BCUT2D eigenvalue weighted by atomic mass is 32.2. The van der Waals surface area contributed by atoms with Gasteiger partial charge in [-0.1, -0.05) is 60.7 Å². The van der Waals surface area contributed by atoms with Gasteiger partial charge in [0.1, 0.15) is 28.6 Å². The lowest BCUT2D eigenvalue weighted by atomic mass is 10.0. The highest BCUT2D eigenvalue weighted by Gasteiger charge is 2.30. The summed E-state index contributed by atoms with van der Waals surface area (Å²) < 4.78 is 51.3. The summed E-state index contributed by atoms with van der Waals surface area (Å²) in [5.41, 5.74) is 3.23. The predicted molar refractivity (Wildman–Crippen MR) is 168 cm³/mol. The number of carboxylic acids is 1. The van der Waals surface area contributed by atoms with Crippen molar-refractivity contribution in [2.45, 2.75) is 37.2 Å². The van der Waals surface area contributed by atoms with Gasteiger partial charge in [-0.05, 0) is 77.9 Å². The minimum Gasteiger partial charge on any atom is -0.495 e. The third kappa shape index (κ3) is 7.81. The SMILES string of the molecule is COc1ccc(-c2ccc(C(=O)O)cc2)cc1S(=O)(=O)N(CCCCc1ccccc1)Cc1nncn1Cc1cccc(F)c1. The molecule has 0 atom stereocenters. The average molecular weight is 629 g/mol. The molecule has 1 N–H and O–H groups in total. The fourth-order valence-electron chi connectivity index (χ4n) is 5.07. The predicted octanol–water partition coefficient (Wildman–Crippen LogP) is 6.05. The summed E-state index contributed by atoms with van der Waals surface area (Å²) in [4.78, 5) is 11.3. The van der Waals surface area contributed by atoms with Gasteiger partial charge in [0.25, 0.3) is 0 Å². The number of hydrogen-bond acceptors (Lipinski definition) is 6. The van der Waals surface area contributed by atoms with Gasteiger partial charge in [-0.15, -0.1) is 10.2 Å². The maximum Gasteiger partial charge on any atom is 0.335 e. The van der Waals surface area contributed by atoms with Crippen molar-refractivity contribution in [1.29, 1.82) is 0 Å². The Hall–Kier alpha value is -4.87. The largest absolute Gasteiger partial charge is 0.495 e. The summed E-state index contributed by atoms with van der Waals surface area (Å²) in [6.45, 7) is 0.416. The fourth-order valence-corrected chi connectivity index (χ4v) is 6.69. The molecule has 1 aromatic heterocycles. The van der Waals surface area contributed by atoms with Crippen molar-refractivity contribution in [1.82, 2.24) is 19.1 Å². The molecule has 0 saturated heterocycles. The van der Waals surface area contributed by atoms with E-state index in [9.17, 15) is 22.7 Å². The van der Waals surface area contributed by atoms with Crippen LogP contribution in [0.25, 0.3) is 11.1 Å². The van der Waals surface area contributed by atoms with E-state index in [1.807, 2.05) is 30.3 Å². The van der Waals surface area contributed by atoms with E-state index in [0.29, 0.717) is 28.9 Å². The zero-order valence-corrected chi connectivity index (χ0v) is 25.5. The Morgan fingerprint density at radius 2 is 1.64 bits per heavy atom. The minimum atomic E-state index is -4.14. The second-order valence-corrected chi connectivity index (χ2v) is 12.4. The normalized spacial score (nSPS) is 11.5. The Balaban J connectivity index is 1.46. The molecule has 0 saturated carbocycles. The van der Waals surface area contributed by atoms with Crippen molar-refractivity contribution < 1.29 is 27.4 Å². The summed E-state index contributed by atoms with van der Waals surface area (Å²) in [6.07, 6.45) is 3.65. The van der Waals surface area contributed by atoms with Crippen LogP contribution in [0.5, 0.6) is 5.75 Å². The number of hydrogen-bond donors (Lipinski definition) is 1. The molecule has 5 aromatic rings. The summed E-state index contributed by atoms with van der Waals surface area (Å²) in [5, 5.41) is 17.5. The second-order valence-electron chi connectivity index (χ2n) is 10.5. The number of sulfonamides is 1. The molecule has 0 aliphatic rings. The number of unbranched alkanes of at least 4 members (excludes halogenated alkanes) is 1. The quantitative estimate of drug-likeness (QED) is 0.149. The van der Waals surface area contributed by atoms with E-state index in [1.54, 1.807) is 47.0 Å². The fraction of sp³-hybridized carbons (Fsp3) is 0.206. The molecule has 0 spiro atoms. The maximum atomic E-state index is 14.4. The molecule has 9 nitrogen and oxygen atoms in total. The van der Waals surface area contributed by atoms with E-state index in [4.69, 9.17) is 4.74 Å². The number of rotatable bonds is 14. The molecule has 0 aliphatic carbocycles. The number of nitrogens with zero attached hydrogens (tertiary/aromatic N) is 4. The Morgan fingerprint density at radius 3 is 2.36 bits per heavy atom. The van der Waals surface area contributed by atoms with E-state index in [-0.39, 0.29) is 41.7 Å². The number of carbonyl (C=O) groups is 1. The van der Waals surface area contributed by atoms with Crippen LogP contribution >= 0.6 is 0 Å². The van der Waals surface area contributed by atoms with Crippen LogP contribution in [0.2, 0.25) is 0 Å². The summed E-state index contributed by atoms with van der Waals surface area (Å²) >= 11 is 0. The molecule has 4 aromatic carbocycles. The van der Waals surface area contributed by atoms with Crippen LogP contribution in [0.4, 0.5) is 4.39 Å². The molecule has 1 heterocycles. The first kappa shape index (κ1) is 31.6. The van der Waals surface area contributed by atoms with Crippen LogP contribution in [0.1, 0.15) is 40.2 Å². The maximum absolute atomic E-state index is 14.4. The average Bonchev–Trinajstić information content (AvgIpc) is 3.48. The molecule has 0 fully saturated rings. The lowest BCUT2D eigenvalue weighted by molar-refractivity contribution is 0.0697. The number of benzene rings is 4. The third-order valence-electron chi connectivity index (χ3n) is 7.47. The molecule has 0 radical (unpaired) electrons. The van der Waals surface area contributed by atoms with Gasteiger partial charge in [0, 0.05) is 6.54 Å². The number of ether oxygens (including phenoxy) is 1. The molecule has 0 aliphatic heterocycles. The van der Waals surface area contributed by atoms with E-state index in [2.05, 4.69) is 10.2 Å². The minimum absolute atomic E-state index is 0.0240. The van der Waals surface area contributed by atoms with Gasteiger partial charge in [-0.2, -0.15) is 4.31 Å². The van der Waals surface area contributed by atoms with Crippen LogP contribution in [0.15, 0.2) is 108 Å². The summed E-state index contributed by atoms with van der Waals surface area (Å²) in [5.74, 6) is -0.830. The summed E-state index contributed by atoms with van der Waals surface area (Å²) in [7, 11) is -2.73. The van der Waals surface area contributed by atoms with Gasteiger partial charge < -0.3 is 14.4 Å².